The Balaban J connectivity index is 2.09. The van der Waals surface area contributed by atoms with Gasteiger partial charge in [-0.3, -0.25) is 0 Å². The largest absolute Gasteiger partial charge is 0.351 e. The normalized spacial score (nSPS) is 25.5. The van der Waals surface area contributed by atoms with Crippen molar-refractivity contribution in [1.82, 2.24) is 9.97 Å². The third-order valence-electron chi connectivity index (χ3n) is 3.31. The molecule has 1 saturated heterocycles. The number of anilines is 1. The number of nitrogens with zero attached hydrogens (tertiary/aromatic N) is 3. The number of hydrogen-bond donors (Lipinski definition) is 1. The van der Waals surface area contributed by atoms with E-state index in [2.05, 4.69) is 27.2 Å². The zero-order valence-electron chi connectivity index (χ0n) is 9.13. The molecule has 3 rings (SSSR count). The van der Waals surface area contributed by atoms with Crippen molar-refractivity contribution in [2.75, 3.05) is 11.4 Å². The SMILES string of the molecule is CC1C(N)CCN1c1ncnc2ccsc12. The van der Waals surface area contributed by atoms with E-state index in [1.807, 2.05) is 6.07 Å². The highest BCUT2D eigenvalue weighted by Gasteiger charge is 2.29. The highest BCUT2D eigenvalue weighted by Crippen LogP contribution is 2.31. The minimum Gasteiger partial charge on any atom is -0.351 e. The van der Waals surface area contributed by atoms with E-state index < -0.39 is 0 Å². The third kappa shape index (κ3) is 1.39. The van der Waals surface area contributed by atoms with Gasteiger partial charge in [-0.1, -0.05) is 0 Å². The number of thiophene rings is 1. The molecule has 1 fully saturated rings. The Labute approximate surface area is 98.1 Å². The molecule has 0 amide bonds. The van der Waals surface area contributed by atoms with Gasteiger partial charge < -0.3 is 10.6 Å². The molecule has 0 aliphatic carbocycles. The van der Waals surface area contributed by atoms with Gasteiger partial charge in [-0.25, -0.2) is 9.97 Å². The van der Waals surface area contributed by atoms with E-state index in [0.29, 0.717) is 6.04 Å². The summed E-state index contributed by atoms with van der Waals surface area (Å²) in [5, 5.41) is 2.06. The van der Waals surface area contributed by atoms with Gasteiger partial charge in [-0.05, 0) is 24.8 Å². The molecule has 0 radical (unpaired) electrons. The lowest BCUT2D eigenvalue weighted by molar-refractivity contribution is 0.622. The smallest absolute Gasteiger partial charge is 0.150 e. The molecule has 2 aromatic heterocycles. The molecule has 2 unspecified atom stereocenters. The summed E-state index contributed by atoms with van der Waals surface area (Å²) in [5.74, 6) is 1.04. The van der Waals surface area contributed by atoms with Crippen LogP contribution in [0.3, 0.4) is 0 Å². The van der Waals surface area contributed by atoms with Crippen LogP contribution >= 0.6 is 11.3 Å². The highest BCUT2D eigenvalue weighted by atomic mass is 32.1. The zero-order valence-corrected chi connectivity index (χ0v) is 9.94. The Kier molecular flexibility index (Phi) is 2.29. The van der Waals surface area contributed by atoms with Crippen LogP contribution in [0.15, 0.2) is 17.8 Å². The first-order valence-corrected chi connectivity index (χ1v) is 6.36. The molecule has 2 aromatic rings. The molecule has 2 atom stereocenters. The van der Waals surface area contributed by atoms with Crippen molar-refractivity contribution in [1.29, 1.82) is 0 Å². The zero-order chi connectivity index (χ0) is 11.1. The first-order valence-electron chi connectivity index (χ1n) is 5.48. The number of aromatic nitrogens is 2. The summed E-state index contributed by atoms with van der Waals surface area (Å²) in [6, 6.07) is 2.65. The van der Waals surface area contributed by atoms with Gasteiger partial charge in [0.15, 0.2) is 0 Å². The molecule has 4 nitrogen and oxygen atoms in total. The Morgan fingerprint density at radius 1 is 1.50 bits per heavy atom. The maximum absolute atomic E-state index is 6.04. The van der Waals surface area contributed by atoms with Crippen LogP contribution in [-0.4, -0.2) is 28.6 Å². The fourth-order valence-electron chi connectivity index (χ4n) is 2.24. The topological polar surface area (TPSA) is 55.0 Å². The summed E-state index contributed by atoms with van der Waals surface area (Å²) in [4.78, 5) is 11.0. The van der Waals surface area contributed by atoms with Crippen LogP contribution in [0.25, 0.3) is 10.2 Å². The van der Waals surface area contributed by atoms with Crippen molar-refractivity contribution in [2.24, 2.45) is 5.73 Å². The highest BCUT2D eigenvalue weighted by molar-refractivity contribution is 7.17. The second-order valence-corrected chi connectivity index (χ2v) is 5.13. The van der Waals surface area contributed by atoms with Crippen LogP contribution < -0.4 is 10.6 Å². The van der Waals surface area contributed by atoms with E-state index in [9.17, 15) is 0 Å². The molecule has 0 aromatic carbocycles. The van der Waals surface area contributed by atoms with Gasteiger partial charge in [0.25, 0.3) is 0 Å². The molecular formula is C11H14N4S. The number of hydrogen-bond acceptors (Lipinski definition) is 5. The van der Waals surface area contributed by atoms with Gasteiger partial charge in [0, 0.05) is 18.6 Å². The molecule has 84 valence electrons. The molecule has 0 spiro atoms. The third-order valence-corrected chi connectivity index (χ3v) is 4.21. The minimum atomic E-state index is 0.255. The maximum Gasteiger partial charge on any atom is 0.150 e. The summed E-state index contributed by atoms with van der Waals surface area (Å²) in [6.45, 7) is 3.16. The molecular weight excluding hydrogens is 220 g/mol. The monoisotopic (exact) mass is 234 g/mol. The second kappa shape index (κ2) is 3.68. The second-order valence-electron chi connectivity index (χ2n) is 4.22. The molecule has 1 aliphatic heterocycles. The lowest BCUT2D eigenvalue weighted by atomic mass is 10.2. The fourth-order valence-corrected chi connectivity index (χ4v) is 3.09. The predicted octanol–water partition coefficient (Wildman–Crippen LogP) is 1.62. The van der Waals surface area contributed by atoms with Crippen LogP contribution in [0.2, 0.25) is 0 Å². The quantitative estimate of drug-likeness (QED) is 0.814. The lowest BCUT2D eigenvalue weighted by Crippen LogP contribution is -2.37. The van der Waals surface area contributed by atoms with E-state index >= 15 is 0 Å². The van der Waals surface area contributed by atoms with Crippen LogP contribution in [-0.2, 0) is 0 Å². The average Bonchev–Trinajstić information content (AvgIpc) is 2.87. The van der Waals surface area contributed by atoms with E-state index in [-0.39, 0.29) is 6.04 Å². The van der Waals surface area contributed by atoms with Gasteiger partial charge in [0.05, 0.1) is 10.2 Å². The average molecular weight is 234 g/mol. The Hall–Kier alpha value is -1.20. The molecule has 2 N–H and O–H groups in total. The first-order chi connectivity index (χ1) is 7.77. The van der Waals surface area contributed by atoms with Crippen molar-refractivity contribution < 1.29 is 0 Å². The van der Waals surface area contributed by atoms with Crippen molar-refractivity contribution in [3.05, 3.63) is 17.8 Å². The molecule has 0 saturated carbocycles. The van der Waals surface area contributed by atoms with Crippen molar-refractivity contribution in [3.8, 4) is 0 Å². The predicted molar refractivity (Wildman–Crippen MR) is 66.8 cm³/mol. The Bertz CT molecular complexity index is 509. The Morgan fingerprint density at radius 3 is 3.12 bits per heavy atom. The summed E-state index contributed by atoms with van der Waals surface area (Å²) in [5.41, 5.74) is 7.07. The van der Waals surface area contributed by atoms with Crippen LogP contribution in [0.5, 0.6) is 0 Å². The van der Waals surface area contributed by atoms with Crippen molar-refractivity contribution >= 4 is 27.4 Å². The van der Waals surface area contributed by atoms with Crippen LogP contribution in [0.4, 0.5) is 5.82 Å². The first kappa shape index (κ1) is 9.99. The molecule has 16 heavy (non-hydrogen) atoms. The van der Waals surface area contributed by atoms with E-state index in [1.54, 1.807) is 17.7 Å². The summed E-state index contributed by atoms with van der Waals surface area (Å²) >= 11 is 1.70. The molecule has 0 bridgehead atoms. The maximum atomic E-state index is 6.04. The van der Waals surface area contributed by atoms with Crippen molar-refractivity contribution in [3.63, 3.8) is 0 Å². The van der Waals surface area contributed by atoms with Gasteiger partial charge in [0.1, 0.15) is 12.1 Å². The van der Waals surface area contributed by atoms with E-state index in [1.165, 1.54) is 4.70 Å². The van der Waals surface area contributed by atoms with Gasteiger partial charge >= 0.3 is 0 Å². The van der Waals surface area contributed by atoms with Gasteiger partial charge in [-0.15, -0.1) is 11.3 Å². The minimum absolute atomic E-state index is 0.255. The standard InChI is InChI=1S/C11H14N4S/c1-7-8(12)2-4-15(7)11-10-9(3-5-16-10)13-6-14-11/h3,5-8H,2,4,12H2,1H3. The molecule has 1 aliphatic rings. The van der Waals surface area contributed by atoms with Gasteiger partial charge in [-0.2, -0.15) is 0 Å². The number of nitrogens with two attached hydrogens (primary N) is 1. The fraction of sp³-hybridized carbons (Fsp3) is 0.455. The Morgan fingerprint density at radius 2 is 2.38 bits per heavy atom. The lowest BCUT2D eigenvalue weighted by Gasteiger charge is -2.24. The van der Waals surface area contributed by atoms with Crippen LogP contribution in [0.1, 0.15) is 13.3 Å². The molecule has 5 heteroatoms. The summed E-state index contributed by atoms with van der Waals surface area (Å²) < 4.78 is 1.17. The summed E-state index contributed by atoms with van der Waals surface area (Å²) in [6.07, 6.45) is 2.68. The van der Waals surface area contributed by atoms with Crippen LogP contribution in [0, 0.1) is 0 Å². The summed E-state index contributed by atoms with van der Waals surface area (Å²) in [7, 11) is 0. The molecule has 3 heterocycles. The van der Waals surface area contributed by atoms with Crippen molar-refractivity contribution in [2.45, 2.75) is 25.4 Å². The van der Waals surface area contributed by atoms with E-state index in [0.717, 1.165) is 24.3 Å². The van der Waals surface area contributed by atoms with E-state index in [4.69, 9.17) is 5.73 Å². The number of rotatable bonds is 1. The number of fused-ring (bicyclic) bond motifs is 1. The van der Waals surface area contributed by atoms with Gasteiger partial charge in [0.2, 0.25) is 0 Å².